The van der Waals surface area contributed by atoms with Gasteiger partial charge in [0.2, 0.25) is 0 Å². The Morgan fingerprint density at radius 1 is 0.667 bits per heavy atom. The van der Waals surface area contributed by atoms with E-state index in [1.165, 1.54) is 45.2 Å². The first-order valence-electron chi connectivity index (χ1n) is 3.71. The first-order chi connectivity index (χ1) is 4.00. The van der Waals surface area contributed by atoms with Crippen LogP contribution in [0, 0.1) is 0 Å². The van der Waals surface area contributed by atoms with Crippen molar-refractivity contribution in [2.45, 2.75) is 32.1 Å². The summed E-state index contributed by atoms with van der Waals surface area (Å²) < 4.78 is 0. The van der Waals surface area contributed by atoms with Gasteiger partial charge >= 0.3 is 18.9 Å². The molecular formula is C7H16LiN. The van der Waals surface area contributed by atoms with Gasteiger partial charge in [-0.1, -0.05) is 19.3 Å². The first kappa shape index (κ1) is 9.56. The molecule has 1 aliphatic rings. The molecule has 0 aromatic rings. The van der Waals surface area contributed by atoms with E-state index in [0.29, 0.717) is 0 Å². The van der Waals surface area contributed by atoms with Crippen LogP contribution in [-0.2, 0) is 0 Å². The Labute approximate surface area is 69.8 Å². The van der Waals surface area contributed by atoms with Crippen LogP contribution >= 0.6 is 0 Å². The molecule has 50 valence electrons. The van der Waals surface area contributed by atoms with E-state index in [9.17, 15) is 0 Å². The number of hydrogen-bond donors (Lipinski definition) is 1. The van der Waals surface area contributed by atoms with Gasteiger partial charge in [0, 0.05) is 0 Å². The summed E-state index contributed by atoms with van der Waals surface area (Å²) in [7, 11) is 0. The fourth-order valence-corrected chi connectivity index (χ4v) is 1.16. The van der Waals surface area contributed by atoms with Crippen LogP contribution in [0.2, 0.25) is 0 Å². The van der Waals surface area contributed by atoms with Crippen LogP contribution in [0.15, 0.2) is 0 Å². The summed E-state index contributed by atoms with van der Waals surface area (Å²) in [6.07, 6.45) is 7.11. The van der Waals surface area contributed by atoms with E-state index in [4.69, 9.17) is 0 Å². The van der Waals surface area contributed by atoms with Gasteiger partial charge in [-0.2, -0.15) is 0 Å². The van der Waals surface area contributed by atoms with E-state index in [1.54, 1.807) is 0 Å². The van der Waals surface area contributed by atoms with Crippen molar-refractivity contribution >= 4 is 18.9 Å². The summed E-state index contributed by atoms with van der Waals surface area (Å²) in [5, 5.41) is 3.39. The Balaban J connectivity index is 0.000000640. The van der Waals surface area contributed by atoms with E-state index >= 15 is 0 Å². The van der Waals surface area contributed by atoms with Gasteiger partial charge in [0.15, 0.2) is 0 Å². The molecule has 1 rings (SSSR count). The molecule has 0 spiro atoms. The minimum atomic E-state index is 0. The first-order valence-corrected chi connectivity index (χ1v) is 3.71. The molecule has 1 N–H and O–H groups in total. The Bertz CT molecular complexity index is 32.9. The van der Waals surface area contributed by atoms with Crippen molar-refractivity contribution in [3.8, 4) is 0 Å². The SMILES string of the molecule is C1CCCNCCC1.[LiH]. The fraction of sp³-hybridized carbons (Fsp3) is 1.00. The zero-order chi connectivity index (χ0) is 5.66. The number of hydrogen-bond acceptors (Lipinski definition) is 1. The summed E-state index contributed by atoms with van der Waals surface area (Å²) in [6, 6.07) is 0. The summed E-state index contributed by atoms with van der Waals surface area (Å²) in [6.45, 7) is 2.50. The predicted octanol–water partition coefficient (Wildman–Crippen LogP) is 0.892. The molecule has 0 aromatic carbocycles. The molecular weight excluding hydrogens is 105 g/mol. The monoisotopic (exact) mass is 121 g/mol. The fourth-order valence-electron chi connectivity index (χ4n) is 1.16. The van der Waals surface area contributed by atoms with Crippen LogP contribution < -0.4 is 5.32 Å². The second-order valence-electron chi connectivity index (χ2n) is 2.52. The Morgan fingerprint density at radius 3 is 1.67 bits per heavy atom. The standard InChI is InChI=1S/C7H15N.Li.H/c1-2-4-6-8-7-5-3-1;;/h8H,1-7H2;;. The van der Waals surface area contributed by atoms with Crippen molar-refractivity contribution < 1.29 is 0 Å². The summed E-state index contributed by atoms with van der Waals surface area (Å²) in [5.41, 5.74) is 0. The summed E-state index contributed by atoms with van der Waals surface area (Å²) >= 11 is 0. The normalized spacial score (nSPS) is 21.3. The molecule has 1 heterocycles. The van der Waals surface area contributed by atoms with Gasteiger partial charge in [-0.3, -0.25) is 0 Å². The molecule has 2 heteroatoms. The van der Waals surface area contributed by atoms with Crippen LogP contribution in [0.25, 0.3) is 0 Å². The molecule has 1 saturated heterocycles. The molecule has 0 amide bonds. The zero-order valence-electron chi connectivity index (χ0n) is 5.45. The maximum absolute atomic E-state index is 3.39. The molecule has 0 unspecified atom stereocenters. The van der Waals surface area contributed by atoms with Gasteiger partial charge in [0.25, 0.3) is 0 Å². The second kappa shape index (κ2) is 6.67. The second-order valence-corrected chi connectivity index (χ2v) is 2.52. The molecule has 1 nitrogen and oxygen atoms in total. The number of rotatable bonds is 0. The van der Waals surface area contributed by atoms with Crippen LogP contribution in [-0.4, -0.2) is 32.0 Å². The van der Waals surface area contributed by atoms with Crippen molar-refractivity contribution in [2.24, 2.45) is 0 Å². The van der Waals surface area contributed by atoms with Gasteiger partial charge in [0.1, 0.15) is 0 Å². The van der Waals surface area contributed by atoms with Crippen molar-refractivity contribution in [2.75, 3.05) is 13.1 Å². The molecule has 0 aliphatic carbocycles. The molecule has 1 aliphatic heterocycles. The molecule has 9 heavy (non-hydrogen) atoms. The van der Waals surface area contributed by atoms with E-state index in [2.05, 4.69) is 5.32 Å². The van der Waals surface area contributed by atoms with Gasteiger partial charge in [-0.15, -0.1) is 0 Å². The van der Waals surface area contributed by atoms with Crippen LogP contribution in [0.1, 0.15) is 32.1 Å². The summed E-state index contributed by atoms with van der Waals surface area (Å²) in [5.74, 6) is 0. The van der Waals surface area contributed by atoms with Gasteiger partial charge in [0.05, 0.1) is 0 Å². The third-order valence-electron chi connectivity index (χ3n) is 1.71. The molecule has 0 saturated carbocycles. The van der Waals surface area contributed by atoms with E-state index in [-0.39, 0.29) is 18.9 Å². The van der Waals surface area contributed by atoms with E-state index < -0.39 is 0 Å². The Hall–Kier alpha value is 0.557. The Kier molecular flexibility index (Phi) is 7.09. The topological polar surface area (TPSA) is 12.0 Å². The van der Waals surface area contributed by atoms with Crippen LogP contribution in [0.4, 0.5) is 0 Å². The molecule has 0 aromatic heterocycles. The van der Waals surface area contributed by atoms with Crippen molar-refractivity contribution in [1.29, 1.82) is 0 Å². The average Bonchev–Trinajstić information content (AvgIpc) is 1.62. The quantitative estimate of drug-likeness (QED) is 0.469. The zero-order valence-corrected chi connectivity index (χ0v) is 5.45. The third kappa shape index (κ3) is 5.02. The average molecular weight is 121 g/mol. The summed E-state index contributed by atoms with van der Waals surface area (Å²) in [4.78, 5) is 0. The molecule has 0 atom stereocenters. The molecule has 0 radical (unpaired) electrons. The Morgan fingerprint density at radius 2 is 1.11 bits per heavy atom. The van der Waals surface area contributed by atoms with Gasteiger partial charge in [-0.25, -0.2) is 0 Å². The number of nitrogens with one attached hydrogen (secondary N) is 1. The minimum absolute atomic E-state index is 0. The maximum atomic E-state index is 3.39. The molecule has 1 fully saturated rings. The van der Waals surface area contributed by atoms with E-state index in [0.717, 1.165) is 0 Å². The van der Waals surface area contributed by atoms with Crippen molar-refractivity contribution in [3.63, 3.8) is 0 Å². The van der Waals surface area contributed by atoms with Gasteiger partial charge < -0.3 is 5.32 Å². The van der Waals surface area contributed by atoms with Crippen LogP contribution in [0.5, 0.6) is 0 Å². The van der Waals surface area contributed by atoms with Crippen LogP contribution in [0.3, 0.4) is 0 Å². The van der Waals surface area contributed by atoms with Crippen molar-refractivity contribution in [3.05, 3.63) is 0 Å². The van der Waals surface area contributed by atoms with E-state index in [1.807, 2.05) is 0 Å². The van der Waals surface area contributed by atoms with Crippen molar-refractivity contribution in [1.82, 2.24) is 5.32 Å². The molecule has 0 bridgehead atoms. The third-order valence-corrected chi connectivity index (χ3v) is 1.71. The van der Waals surface area contributed by atoms with Gasteiger partial charge in [-0.05, 0) is 25.9 Å². The predicted molar refractivity (Wildman–Crippen MR) is 43.1 cm³/mol.